The van der Waals surface area contributed by atoms with E-state index >= 15 is 0 Å². The number of alkyl carbamates (subject to hydrolysis) is 1. The van der Waals surface area contributed by atoms with Crippen LogP contribution in [0.25, 0.3) is 0 Å². The van der Waals surface area contributed by atoms with Crippen molar-refractivity contribution in [1.29, 1.82) is 5.26 Å². The number of aryl methyl sites for hydroxylation is 1. The molecule has 6 nitrogen and oxygen atoms in total. The molecule has 0 spiro atoms. The lowest BCUT2D eigenvalue weighted by Gasteiger charge is -2.22. The van der Waals surface area contributed by atoms with Gasteiger partial charge in [-0.05, 0) is 33.3 Å². The van der Waals surface area contributed by atoms with E-state index in [1.807, 2.05) is 45.0 Å². The minimum Gasteiger partial charge on any atom is -0.449 e. The highest BCUT2D eigenvalue weighted by Crippen LogP contribution is 2.10. The first-order valence-corrected chi connectivity index (χ1v) is 8.30. The molecule has 0 fully saturated rings. The lowest BCUT2D eigenvalue weighted by Crippen LogP contribution is -2.45. The number of hydrogen-bond donors (Lipinski definition) is 1. The number of hydrogen-bond acceptors (Lipinski definition) is 5. The zero-order valence-electron chi connectivity index (χ0n) is 15.9. The maximum Gasteiger partial charge on any atom is 0.408 e. The Hall–Kier alpha value is -2.55. The quantitative estimate of drug-likeness (QED) is 0.822. The highest BCUT2D eigenvalue weighted by Gasteiger charge is 2.25. The summed E-state index contributed by atoms with van der Waals surface area (Å²) in [6, 6.07) is 8.39. The van der Waals surface area contributed by atoms with Gasteiger partial charge in [-0.25, -0.2) is 9.59 Å². The smallest absolute Gasteiger partial charge is 0.408 e. The molecule has 0 unspecified atom stereocenters. The van der Waals surface area contributed by atoms with Gasteiger partial charge in [0.2, 0.25) is 0 Å². The summed E-state index contributed by atoms with van der Waals surface area (Å²) < 4.78 is 9.97. The number of esters is 1. The second kappa shape index (κ2) is 11.1. The van der Waals surface area contributed by atoms with Gasteiger partial charge in [-0.15, -0.1) is 0 Å². The van der Waals surface area contributed by atoms with E-state index in [0.29, 0.717) is 0 Å². The van der Waals surface area contributed by atoms with Crippen LogP contribution in [0.15, 0.2) is 24.3 Å². The van der Waals surface area contributed by atoms with Crippen LogP contribution in [0.2, 0.25) is 0 Å². The van der Waals surface area contributed by atoms with Crippen LogP contribution < -0.4 is 5.32 Å². The van der Waals surface area contributed by atoms with Crippen molar-refractivity contribution in [3.8, 4) is 6.07 Å². The minimum absolute atomic E-state index is 0.254. The predicted octanol–water partition coefficient (Wildman–Crippen LogP) is 3.52. The maximum absolute atomic E-state index is 12.0. The fraction of sp³-hybridized carbons (Fsp3) is 0.526. The molecule has 0 heterocycles. The average molecular weight is 348 g/mol. The van der Waals surface area contributed by atoms with Crippen LogP contribution >= 0.6 is 0 Å². The van der Waals surface area contributed by atoms with Crippen LogP contribution in [-0.4, -0.2) is 30.3 Å². The molecule has 0 aliphatic rings. The predicted molar refractivity (Wildman–Crippen MR) is 96.0 cm³/mol. The SMILES string of the molecule is CC.Cc1ccc(C[C@H](NC(=O)OC(C)(C)C)C(=O)OCC#N)cc1. The standard InChI is InChI=1S/C17H22N2O4.C2H6/c1-12-5-7-13(8-6-12)11-14(15(20)22-10-9-18)19-16(21)23-17(2,3)4;1-2/h5-8,14H,10-11H2,1-4H3,(H,19,21);1-2H3/t14-;/m0./s1. The van der Waals surface area contributed by atoms with Crippen molar-refractivity contribution in [3.63, 3.8) is 0 Å². The summed E-state index contributed by atoms with van der Waals surface area (Å²) in [5, 5.41) is 11.0. The summed E-state index contributed by atoms with van der Waals surface area (Å²) >= 11 is 0. The number of amides is 1. The van der Waals surface area contributed by atoms with E-state index in [1.54, 1.807) is 26.8 Å². The van der Waals surface area contributed by atoms with Crippen LogP contribution in [-0.2, 0) is 20.7 Å². The Morgan fingerprint density at radius 2 is 1.76 bits per heavy atom. The van der Waals surface area contributed by atoms with E-state index in [2.05, 4.69) is 5.32 Å². The van der Waals surface area contributed by atoms with Crippen molar-refractivity contribution in [3.05, 3.63) is 35.4 Å². The number of nitrogens with one attached hydrogen (secondary N) is 1. The van der Waals surface area contributed by atoms with Crippen molar-refractivity contribution in [2.45, 2.75) is 59.6 Å². The van der Waals surface area contributed by atoms with Crippen molar-refractivity contribution in [2.75, 3.05) is 6.61 Å². The molecule has 1 atom stereocenters. The molecule has 25 heavy (non-hydrogen) atoms. The van der Waals surface area contributed by atoms with Gasteiger partial charge in [-0.2, -0.15) is 5.26 Å². The molecule has 1 aromatic rings. The summed E-state index contributed by atoms with van der Waals surface area (Å²) in [6.45, 7) is 10.8. The van der Waals surface area contributed by atoms with Crippen LogP contribution in [0.3, 0.4) is 0 Å². The molecular formula is C19H28N2O4. The van der Waals surface area contributed by atoms with Crippen molar-refractivity contribution in [2.24, 2.45) is 0 Å². The van der Waals surface area contributed by atoms with Gasteiger partial charge in [0.1, 0.15) is 17.7 Å². The van der Waals surface area contributed by atoms with Crippen molar-refractivity contribution in [1.82, 2.24) is 5.32 Å². The van der Waals surface area contributed by atoms with Crippen molar-refractivity contribution < 1.29 is 19.1 Å². The van der Waals surface area contributed by atoms with Crippen LogP contribution in [0, 0.1) is 18.3 Å². The first-order valence-electron chi connectivity index (χ1n) is 8.30. The van der Waals surface area contributed by atoms with Gasteiger partial charge in [0, 0.05) is 6.42 Å². The number of carbonyl (C=O) groups is 2. The van der Waals surface area contributed by atoms with E-state index in [9.17, 15) is 9.59 Å². The van der Waals surface area contributed by atoms with E-state index < -0.39 is 23.7 Å². The lowest BCUT2D eigenvalue weighted by molar-refractivity contribution is -0.144. The fourth-order valence-electron chi connectivity index (χ4n) is 1.81. The summed E-state index contributed by atoms with van der Waals surface area (Å²) in [5.74, 6) is -0.669. The topological polar surface area (TPSA) is 88.4 Å². The van der Waals surface area contributed by atoms with Crippen molar-refractivity contribution >= 4 is 12.1 Å². The zero-order valence-corrected chi connectivity index (χ0v) is 15.9. The molecule has 0 aromatic heterocycles. The third-order valence-corrected chi connectivity index (χ3v) is 2.81. The molecule has 0 bridgehead atoms. The fourth-order valence-corrected chi connectivity index (χ4v) is 1.81. The number of nitriles is 1. The summed E-state index contributed by atoms with van der Waals surface area (Å²) in [7, 11) is 0. The number of rotatable bonds is 5. The first-order chi connectivity index (χ1) is 11.7. The van der Waals surface area contributed by atoms with E-state index in [-0.39, 0.29) is 13.0 Å². The third-order valence-electron chi connectivity index (χ3n) is 2.81. The average Bonchev–Trinajstić information content (AvgIpc) is 2.54. The lowest BCUT2D eigenvalue weighted by atomic mass is 10.0. The molecule has 138 valence electrons. The first kappa shape index (κ1) is 22.4. The van der Waals surface area contributed by atoms with E-state index in [0.717, 1.165) is 11.1 Å². The molecule has 1 N–H and O–H groups in total. The third kappa shape index (κ3) is 10.0. The monoisotopic (exact) mass is 348 g/mol. The normalized spacial score (nSPS) is 11.2. The molecule has 6 heteroatoms. The Kier molecular flexibility index (Phi) is 9.95. The molecule has 1 rings (SSSR count). The van der Waals surface area contributed by atoms with Gasteiger partial charge >= 0.3 is 12.1 Å². The molecule has 0 aliphatic carbocycles. The van der Waals surface area contributed by atoms with Gasteiger partial charge in [-0.3, -0.25) is 0 Å². The summed E-state index contributed by atoms with van der Waals surface area (Å²) in [5.41, 5.74) is 1.29. The van der Waals surface area contributed by atoms with Crippen LogP contribution in [0.1, 0.15) is 45.7 Å². The van der Waals surface area contributed by atoms with Crippen LogP contribution in [0.5, 0.6) is 0 Å². The second-order valence-corrected chi connectivity index (χ2v) is 6.15. The van der Waals surface area contributed by atoms with Gasteiger partial charge in [-0.1, -0.05) is 43.7 Å². The zero-order chi connectivity index (χ0) is 19.5. The number of carbonyl (C=O) groups excluding carboxylic acids is 2. The van der Waals surface area contributed by atoms with E-state index in [1.165, 1.54) is 0 Å². The van der Waals surface area contributed by atoms with Gasteiger partial charge in [0.15, 0.2) is 6.61 Å². The number of ether oxygens (including phenoxy) is 2. The van der Waals surface area contributed by atoms with Crippen LogP contribution in [0.4, 0.5) is 4.79 Å². The number of nitrogens with zero attached hydrogens (tertiary/aromatic N) is 1. The highest BCUT2D eigenvalue weighted by molar-refractivity contribution is 5.81. The largest absolute Gasteiger partial charge is 0.449 e. The molecule has 1 amide bonds. The highest BCUT2D eigenvalue weighted by atomic mass is 16.6. The second-order valence-electron chi connectivity index (χ2n) is 6.15. The summed E-state index contributed by atoms with van der Waals surface area (Å²) in [4.78, 5) is 23.9. The van der Waals surface area contributed by atoms with E-state index in [4.69, 9.17) is 14.7 Å². The Labute approximate surface area is 150 Å². The van der Waals surface area contributed by atoms with Gasteiger partial charge < -0.3 is 14.8 Å². The Bertz CT molecular complexity index is 583. The summed E-state index contributed by atoms with van der Waals surface area (Å²) in [6.07, 6.45) is -0.451. The molecule has 0 radical (unpaired) electrons. The molecule has 0 aliphatic heterocycles. The Morgan fingerprint density at radius 1 is 1.20 bits per heavy atom. The van der Waals surface area contributed by atoms with Gasteiger partial charge in [0.05, 0.1) is 0 Å². The van der Waals surface area contributed by atoms with Gasteiger partial charge in [0.25, 0.3) is 0 Å². The molecular weight excluding hydrogens is 320 g/mol. The minimum atomic E-state index is -0.916. The maximum atomic E-state index is 12.0. The Morgan fingerprint density at radius 3 is 2.24 bits per heavy atom. The molecule has 0 saturated carbocycles. The Balaban J connectivity index is 0.00000277. The number of benzene rings is 1. The molecule has 0 saturated heterocycles. The molecule has 1 aromatic carbocycles.